The molecule has 0 aromatic carbocycles. The van der Waals surface area contributed by atoms with Crippen molar-refractivity contribution in [3.63, 3.8) is 0 Å². The Morgan fingerprint density at radius 2 is 2.37 bits per heavy atom. The van der Waals surface area contributed by atoms with Gasteiger partial charge in [-0.25, -0.2) is 4.79 Å². The summed E-state index contributed by atoms with van der Waals surface area (Å²) >= 11 is 1.61. The lowest BCUT2D eigenvalue weighted by Gasteiger charge is -2.17. The molecule has 0 radical (unpaired) electrons. The fourth-order valence-corrected chi connectivity index (χ4v) is 2.82. The van der Waals surface area contributed by atoms with Crippen LogP contribution in [0, 0.1) is 0 Å². The zero-order valence-electron chi connectivity index (χ0n) is 10.5. The average Bonchev–Trinajstić information content (AvgIpc) is 2.71. The van der Waals surface area contributed by atoms with E-state index >= 15 is 0 Å². The Kier molecular flexibility index (Phi) is 4.70. The summed E-state index contributed by atoms with van der Waals surface area (Å²) in [6, 6.07) is 1.99. The summed E-state index contributed by atoms with van der Waals surface area (Å²) in [5.74, 6) is -0.830. The van der Waals surface area contributed by atoms with Crippen LogP contribution < -0.4 is 5.32 Å². The molecule has 0 bridgehead atoms. The highest BCUT2D eigenvalue weighted by Gasteiger charge is 2.13. The number of hydrogen-bond acceptors (Lipinski definition) is 4. The van der Waals surface area contributed by atoms with E-state index in [0.29, 0.717) is 13.0 Å². The molecule has 1 saturated heterocycles. The van der Waals surface area contributed by atoms with Gasteiger partial charge in [-0.1, -0.05) is 0 Å². The Labute approximate surface area is 115 Å². The third-order valence-corrected chi connectivity index (χ3v) is 3.82. The van der Waals surface area contributed by atoms with Crippen LogP contribution in [0.1, 0.15) is 16.9 Å². The van der Waals surface area contributed by atoms with Crippen LogP contribution in [0.4, 0.5) is 0 Å². The number of carboxylic acid groups (broad SMARTS) is 1. The smallest absolute Gasteiger partial charge is 0.328 e. The van der Waals surface area contributed by atoms with E-state index in [-0.39, 0.29) is 5.91 Å². The summed E-state index contributed by atoms with van der Waals surface area (Å²) in [5.41, 5.74) is 0.909. The Hall–Kier alpha value is -1.66. The molecule has 0 aliphatic carbocycles. The highest BCUT2D eigenvalue weighted by molar-refractivity contribution is 7.10. The van der Waals surface area contributed by atoms with E-state index in [1.54, 1.807) is 17.4 Å². The van der Waals surface area contributed by atoms with Crippen LogP contribution in [0.15, 0.2) is 17.5 Å². The van der Waals surface area contributed by atoms with Crippen molar-refractivity contribution < 1.29 is 14.7 Å². The predicted octanol–water partition coefficient (Wildman–Crippen LogP) is 1.17. The van der Waals surface area contributed by atoms with E-state index in [2.05, 4.69) is 10.2 Å². The fourth-order valence-electron chi connectivity index (χ4n) is 1.93. The van der Waals surface area contributed by atoms with Crippen LogP contribution in [-0.2, 0) is 16.1 Å². The van der Waals surface area contributed by atoms with E-state index in [4.69, 9.17) is 5.11 Å². The minimum Gasteiger partial charge on any atom is -0.478 e. The second-order valence-corrected chi connectivity index (χ2v) is 5.39. The number of aliphatic carboxylic acids is 1. The second kappa shape index (κ2) is 6.49. The van der Waals surface area contributed by atoms with Gasteiger partial charge in [-0.15, -0.1) is 11.3 Å². The average molecular weight is 280 g/mol. The number of carbonyl (C=O) groups excluding carboxylic acids is 1. The van der Waals surface area contributed by atoms with Crippen LogP contribution in [0.25, 0.3) is 6.08 Å². The quantitative estimate of drug-likeness (QED) is 0.812. The van der Waals surface area contributed by atoms with Gasteiger partial charge >= 0.3 is 5.97 Å². The summed E-state index contributed by atoms with van der Waals surface area (Å²) in [7, 11) is 0. The molecule has 0 atom stereocenters. The molecule has 0 spiro atoms. The molecule has 102 valence electrons. The number of hydrogen-bond donors (Lipinski definition) is 2. The van der Waals surface area contributed by atoms with E-state index in [9.17, 15) is 9.59 Å². The third kappa shape index (κ3) is 4.50. The number of amides is 1. The Balaban J connectivity index is 1.92. The van der Waals surface area contributed by atoms with Gasteiger partial charge in [0.1, 0.15) is 0 Å². The predicted molar refractivity (Wildman–Crippen MR) is 73.9 cm³/mol. The van der Waals surface area contributed by atoms with Gasteiger partial charge in [0.05, 0.1) is 0 Å². The number of nitrogens with one attached hydrogen (secondary N) is 1. The molecule has 2 heterocycles. The van der Waals surface area contributed by atoms with Crippen LogP contribution in [0.2, 0.25) is 0 Å². The minimum absolute atomic E-state index is 0.110. The normalized spacial score (nSPS) is 17.4. The first-order valence-corrected chi connectivity index (χ1v) is 6.99. The highest BCUT2D eigenvalue weighted by atomic mass is 32.1. The molecular formula is C13H16N2O3S. The minimum atomic E-state index is -0.940. The Morgan fingerprint density at radius 1 is 1.53 bits per heavy atom. The van der Waals surface area contributed by atoms with Crippen LogP contribution in [0.3, 0.4) is 0 Å². The van der Waals surface area contributed by atoms with Gasteiger partial charge in [0.15, 0.2) is 0 Å². The Bertz CT molecular complexity index is 496. The summed E-state index contributed by atoms with van der Waals surface area (Å²) in [6.45, 7) is 3.12. The van der Waals surface area contributed by atoms with Crippen molar-refractivity contribution >= 4 is 29.3 Å². The summed E-state index contributed by atoms with van der Waals surface area (Å²) < 4.78 is 0. The molecule has 2 rings (SSSR count). The molecule has 1 aliphatic heterocycles. The van der Waals surface area contributed by atoms with Gasteiger partial charge in [0, 0.05) is 43.6 Å². The maximum absolute atomic E-state index is 11.2. The van der Waals surface area contributed by atoms with Gasteiger partial charge in [-0.2, -0.15) is 0 Å². The summed E-state index contributed by atoms with van der Waals surface area (Å²) in [5, 5.41) is 13.4. The largest absolute Gasteiger partial charge is 0.478 e. The molecule has 1 aromatic heterocycles. The number of carboxylic acids is 1. The van der Waals surface area contributed by atoms with Crippen LogP contribution in [-0.4, -0.2) is 41.5 Å². The number of nitrogens with zero attached hydrogens (tertiary/aromatic N) is 1. The Morgan fingerprint density at radius 3 is 3.16 bits per heavy atom. The van der Waals surface area contributed by atoms with E-state index < -0.39 is 5.97 Å². The number of carbonyl (C=O) groups is 2. The van der Waals surface area contributed by atoms with Crippen molar-refractivity contribution in [3.8, 4) is 0 Å². The molecule has 5 nitrogen and oxygen atoms in total. The zero-order valence-corrected chi connectivity index (χ0v) is 11.3. The van der Waals surface area contributed by atoms with Gasteiger partial charge in [-0.05, 0) is 23.1 Å². The van der Waals surface area contributed by atoms with Gasteiger partial charge in [-0.3, -0.25) is 9.69 Å². The monoisotopic (exact) mass is 280 g/mol. The van der Waals surface area contributed by atoms with Gasteiger partial charge < -0.3 is 10.4 Å². The molecule has 1 amide bonds. The summed E-state index contributed by atoms with van der Waals surface area (Å²) in [6.07, 6.45) is 3.27. The molecule has 19 heavy (non-hydrogen) atoms. The maximum Gasteiger partial charge on any atom is 0.328 e. The van der Waals surface area contributed by atoms with E-state index in [1.165, 1.54) is 4.88 Å². The fraction of sp³-hybridized carbons (Fsp3) is 0.385. The van der Waals surface area contributed by atoms with Crippen molar-refractivity contribution in [2.75, 3.05) is 19.6 Å². The lowest BCUT2D eigenvalue weighted by Crippen LogP contribution is -2.27. The van der Waals surface area contributed by atoms with Crippen molar-refractivity contribution in [2.45, 2.75) is 13.0 Å². The van der Waals surface area contributed by atoms with Crippen molar-refractivity contribution in [3.05, 3.63) is 28.0 Å². The van der Waals surface area contributed by atoms with E-state index in [0.717, 1.165) is 31.3 Å². The molecular weight excluding hydrogens is 264 g/mol. The number of rotatable bonds is 4. The highest BCUT2D eigenvalue weighted by Crippen LogP contribution is 2.18. The second-order valence-electron chi connectivity index (χ2n) is 4.39. The first-order valence-electron chi connectivity index (χ1n) is 6.11. The van der Waals surface area contributed by atoms with Crippen molar-refractivity contribution in [2.24, 2.45) is 0 Å². The number of thiophene rings is 1. The zero-order chi connectivity index (χ0) is 13.7. The maximum atomic E-state index is 11.2. The van der Waals surface area contributed by atoms with Crippen LogP contribution in [0.5, 0.6) is 0 Å². The molecule has 1 aromatic rings. The molecule has 1 fully saturated rings. The summed E-state index contributed by atoms with van der Waals surface area (Å²) in [4.78, 5) is 25.1. The van der Waals surface area contributed by atoms with Crippen molar-refractivity contribution in [1.29, 1.82) is 0 Å². The van der Waals surface area contributed by atoms with E-state index in [1.807, 2.05) is 11.4 Å². The first-order chi connectivity index (χ1) is 9.13. The van der Waals surface area contributed by atoms with Gasteiger partial charge in [0.25, 0.3) is 0 Å². The lowest BCUT2D eigenvalue weighted by molar-refractivity contribution is -0.131. The SMILES string of the molecule is O=C(O)C=Cc1csc(CN2CCNC(=O)CC2)c1. The van der Waals surface area contributed by atoms with Crippen molar-refractivity contribution in [1.82, 2.24) is 10.2 Å². The molecule has 0 unspecified atom stereocenters. The molecule has 1 aliphatic rings. The molecule has 6 heteroatoms. The third-order valence-electron chi connectivity index (χ3n) is 2.88. The topological polar surface area (TPSA) is 69.6 Å². The molecule has 0 saturated carbocycles. The van der Waals surface area contributed by atoms with Crippen LogP contribution >= 0.6 is 11.3 Å². The lowest BCUT2D eigenvalue weighted by atomic mass is 10.2. The van der Waals surface area contributed by atoms with Gasteiger partial charge in [0.2, 0.25) is 5.91 Å². The standard InChI is InChI=1S/C13H16N2O3S/c16-12-3-5-15(6-4-14-12)8-11-7-10(9-19-11)1-2-13(17)18/h1-2,7,9H,3-6,8H2,(H,14,16)(H,17,18). The molecule has 2 N–H and O–H groups in total. The first kappa shape index (κ1) is 13.8.